The Morgan fingerprint density at radius 2 is 1.90 bits per heavy atom. The molecule has 20 heavy (non-hydrogen) atoms. The molecule has 8 heteroatoms. The fraction of sp³-hybridized carbons (Fsp3) is 0.750. The molecule has 0 aliphatic heterocycles. The summed E-state index contributed by atoms with van der Waals surface area (Å²) < 4.78 is 0. The zero-order valence-electron chi connectivity index (χ0n) is 11.8. The van der Waals surface area contributed by atoms with Crippen LogP contribution in [0.3, 0.4) is 0 Å². The Kier molecular flexibility index (Phi) is 9.61. The summed E-state index contributed by atoms with van der Waals surface area (Å²) >= 11 is 1.78. The Bertz CT molecular complexity index is 339. The summed E-state index contributed by atoms with van der Waals surface area (Å²) in [5.74, 6) is 0.175. The third kappa shape index (κ3) is 9.48. The number of hydrogen-bond donors (Lipinski definition) is 4. The van der Waals surface area contributed by atoms with Crippen LogP contribution in [-0.4, -0.2) is 46.6 Å². The lowest BCUT2D eigenvalue weighted by Gasteiger charge is -2.18. The molecular weight excluding hydrogens is 282 g/mol. The number of thioether (sulfide) groups is 1. The molecule has 0 radical (unpaired) electrons. The monoisotopic (exact) mass is 305 g/mol. The second-order valence-corrected chi connectivity index (χ2v) is 5.79. The number of rotatable bonds is 10. The van der Waals surface area contributed by atoms with Gasteiger partial charge in [0.15, 0.2) is 0 Å². The van der Waals surface area contributed by atoms with Crippen molar-refractivity contribution in [2.45, 2.75) is 45.2 Å². The van der Waals surface area contributed by atoms with Crippen LogP contribution in [0.5, 0.6) is 0 Å². The summed E-state index contributed by atoms with van der Waals surface area (Å²) in [5, 5.41) is 13.9. The molecule has 5 N–H and O–H groups in total. The quantitative estimate of drug-likeness (QED) is 0.439. The minimum absolute atomic E-state index is 0.0157. The zero-order valence-corrected chi connectivity index (χ0v) is 12.7. The Hall–Kier alpha value is -1.44. The van der Waals surface area contributed by atoms with Gasteiger partial charge in [-0.05, 0) is 31.3 Å². The van der Waals surface area contributed by atoms with Crippen LogP contribution in [0.25, 0.3) is 0 Å². The summed E-state index contributed by atoms with van der Waals surface area (Å²) in [5.41, 5.74) is 4.96. The maximum absolute atomic E-state index is 11.6. The molecule has 0 heterocycles. The van der Waals surface area contributed by atoms with E-state index in [1.165, 1.54) is 0 Å². The fourth-order valence-corrected chi connectivity index (χ4v) is 2.25. The molecule has 116 valence electrons. The molecular formula is C12H23N3O4S. The smallest absolute Gasteiger partial charge is 0.326 e. The molecule has 3 amide bonds. The summed E-state index contributed by atoms with van der Waals surface area (Å²) in [6.07, 6.45) is 0.711. The van der Waals surface area contributed by atoms with E-state index in [-0.39, 0.29) is 18.9 Å². The largest absolute Gasteiger partial charge is 0.480 e. The Labute approximate surface area is 123 Å². The van der Waals surface area contributed by atoms with Crippen molar-refractivity contribution in [3.05, 3.63) is 0 Å². The maximum atomic E-state index is 11.6. The number of amides is 3. The minimum Gasteiger partial charge on any atom is -0.480 e. The average Bonchev–Trinajstić information content (AvgIpc) is 2.34. The van der Waals surface area contributed by atoms with Crippen LogP contribution >= 0.6 is 11.8 Å². The van der Waals surface area contributed by atoms with Gasteiger partial charge in [0, 0.05) is 12.5 Å². The molecule has 0 aliphatic rings. The molecule has 0 aromatic heterocycles. The molecule has 0 saturated carbocycles. The molecule has 0 saturated heterocycles. The molecule has 7 nitrogen and oxygen atoms in total. The summed E-state index contributed by atoms with van der Waals surface area (Å²) in [7, 11) is 0. The van der Waals surface area contributed by atoms with Crippen molar-refractivity contribution in [1.82, 2.24) is 10.6 Å². The normalized spacial score (nSPS) is 13.3. The highest BCUT2D eigenvalue weighted by atomic mass is 32.2. The van der Waals surface area contributed by atoms with Gasteiger partial charge in [-0.3, -0.25) is 4.79 Å². The first kappa shape index (κ1) is 18.6. The van der Waals surface area contributed by atoms with Gasteiger partial charge in [-0.15, -0.1) is 0 Å². The number of nitrogens with one attached hydrogen (secondary N) is 2. The van der Waals surface area contributed by atoms with E-state index in [0.29, 0.717) is 0 Å². The van der Waals surface area contributed by atoms with Gasteiger partial charge in [0.1, 0.15) is 6.04 Å². The molecule has 1 unspecified atom stereocenters. The third-order valence-corrected chi connectivity index (χ3v) is 3.49. The Balaban J connectivity index is 4.11. The molecule has 0 spiro atoms. The first-order valence-electron chi connectivity index (χ1n) is 6.52. The van der Waals surface area contributed by atoms with E-state index in [1.807, 2.05) is 6.92 Å². The first-order chi connectivity index (χ1) is 9.36. The standard InChI is InChI=1S/C12H23N3O4S/c1-3-20-7-6-8(2)14-12(19)15-9(11(17)18)4-5-10(13)16/h8-9H,3-7H2,1-2H3,(H2,13,16)(H,17,18)(H2,14,15,19)/t8?,9-/m1/s1. The fourth-order valence-electron chi connectivity index (χ4n) is 1.44. The second kappa shape index (κ2) is 10.4. The van der Waals surface area contributed by atoms with Crippen LogP contribution in [0, 0.1) is 0 Å². The Morgan fingerprint density at radius 1 is 1.25 bits per heavy atom. The predicted octanol–water partition coefficient (Wildman–Crippen LogP) is 0.536. The zero-order chi connectivity index (χ0) is 15.5. The van der Waals surface area contributed by atoms with Crippen molar-refractivity contribution in [3.8, 4) is 0 Å². The Morgan fingerprint density at radius 3 is 2.40 bits per heavy atom. The van der Waals surface area contributed by atoms with Crippen molar-refractivity contribution in [2.24, 2.45) is 5.73 Å². The van der Waals surface area contributed by atoms with Crippen molar-refractivity contribution < 1.29 is 19.5 Å². The SMILES string of the molecule is CCSCCC(C)NC(=O)N[C@H](CCC(N)=O)C(=O)O. The van der Waals surface area contributed by atoms with E-state index in [1.54, 1.807) is 11.8 Å². The number of primary amides is 1. The van der Waals surface area contributed by atoms with Crippen molar-refractivity contribution in [1.29, 1.82) is 0 Å². The topological polar surface area (TPSA) is 122 Å². The molecule has 0 aromatic rings. The number of carbonyl (C=O) groups is 3. The van der Waals surface area contributed by atoms with Gasteiger partial charge in [0.05, 0.1) is 0 Å². The van der Waals surface area contributed by atoms with Crippen molar-refractivity contribution in [3.63, 3.8) is 0 Å². The number of carbonyl (C=O) groups excluding carboxylic acids is 2. The predicted molar refractivity (Wildman–Crippen MR) is 78.6 cm³/mol. The van der Waals surface area contributed by atoms with Gasteiger partial charge in [0.25, 0.3) is 0 Å². The van der Waals surface area contributed by atoms with Gasteiger partial charge < -0.3 is 21.5 Å². The molecule has 0 aliphatic carbocycles. The van der Waals surface area contributed by atoms with E-state index in [2.05, 4.69) is 17.6 Å². The average molecular weight is 305 g/mol. The minimum atomic E-state index is -1.18. The van der Waals surface area contributed by atoms with Crippen LogP contribution < -0.4 is 16.4 Å². The van der Waals surface area contributed by atoms with E-state index in [4.69, 9.17) is 10.8 Å². The highest BCUT2D eigenvalue weighted by Gasteiger charge is 2.21. The van der Waals surface area contributed by atoms with Crippen LogP contribution in [0.1, 0.15) is 33.1 Å². The van der Waals surface area contributed by atoms with Crippen molar-refractivity contribution >= 4 is 29.7 Å². The lowest BCUT2D eigenvalue weighted by molar-refractivity contribution is -0.139. The van der Waals surface area contributed by atoms with Crippen LogP contribution in [-0.2, 0) is 9.59 Å². The number of carboxylic acid groups (broad SMARTS) is 1. The molecule has 0 rings (SSSR count). The number of aliphatic carboxylic acids is 1. The number of urea groups is 1. The lowest BCUT2D eigenvalue weighted by Crippen LogP contribution is -2.48. The van der Waals surface area contributed by atoms with Crippen LogP contribution in [0.15, 0.2) is 0 Å². The highest BCUT2D eigenvalue weighted by Crippen LogP contribution is 2.04. The summed E-state index contributed by atoms with van der Waals surface area (Å²) in [6, 6.07) is -1.70. The molecule has 0 bridgehead atoms. The van der Waals surface area contributed by atoms with Crippen molar-refractivity contribution in [2.75, 3.05) is 11.5 Å². The van der Waals surface area contributed by atoms with E-state index in [9.17, 15) is 14.4 Å². The third-order valence-electron chi connectivity index (χ3n) is 2.56. The maximum Gasteiger partial charge on any atom is 0.326 e. The first-order valence-corrected chi connectivity index (χ1v) is 7.68. The van der Waals surface area contributed by atoms with E-state index >= 15 is 0 Å². The number of carboxylic acids is 1. The van der Waals surface area contributed by atoms with Gasteiger partial charge in [0.2, 0.25) is 5.91 Å². The highest BCUT2D eigenvalue weighted by molar-refractivity contribution is 7.99. The van der Waals surface area contributed by atoms with Crippen LogP contribution in [0.2, 0.25) is 0 Å². The summed E-state index contributed by atoms with van der Waals surface area (Å²) in [4.78, 5) is 33.2. The van der Waals surface area contributed by atoms with E-state index in [0.717, 1.165) is 17.9 Å². The summed E-state index contributed by atoms with van der Waals surface area (Å²) in [6.45, 7) is 3.92. The van der Waals surface area contributed by atoms with Gasteiger partial charge in [-0.2, -0.15) is 11.8 Å². The van der Waals surface area contributed by atoms with Gasteiger partial charge in [-0.1, -0.05) is 6.92 Å². The van der Waals surface area contributed by atoms with Gasteiger partial charge >= 0.3 is 12.0 Å². The second-order valence-electron chi connectivity index (χ2n) is 4.40. The van der Waals surface area contributed by atoms with E-state index < -0.39 is 23.9 Å². The lowest BCUT2D eigenvalue weighted by atomic mass is 10.1. The van der Waals surface area contributed by atoms with Gasteiger partial charge in [-0.25, -0.2) is 9.59 Å². The van der Waals surface area contributed by atoms with Crippen LogP contribution in [0.4, 0.5) is 4.79 Å². The molecule has 2 atom stereocenters. The molecule has 0 fully saturated rings. The number of hydrogen-bond acceptors (Lipinski definition) is 4. The molecule has 0 aromatic carbocycles. The number of nitrogens with two attached hydrogens (primary N) is 1.